The highest BCUT2D eigenvalue weighted by Gasteiger charge is 2.02. The van der Waals surface area contributed by atoms with Gasteiger partial charge in [0.2, 0.25) is 0 Å². The molecule has 2 aromatic carbocycles. The number of nitrogens with zero attached hydrogens (tertiary/aromatic N) is 1. The van der Waals surface area contributed by atoms with E-state index in [1.54, 1.807) is 0 Å². The highest BCUT2D eigenvalue weighted by atomic mass is 16.5. The van der Waals surface area contributed by atoms with Crippen molar-refractivity contribution in [3.05, 3.63) is 76.3 Å². The van der Waals surface area contributed by atoms with Crippen LogP contribution in [0.25, 0.3) is 11.4 Å². The first-order chi connectivity index (χ1) is 9.81. The van der Waals surface area contributed by atoms with E-state index in [0.717, 1.165) is 16.7 Å². The standard InChI is InChI=1S/C16H10N2O2/c19-16-17-15(18-20-16)14-10-8-13(9-11-14)7-6-12-4-2-1-3-5-12/h1-5,8-11H,(H,17,18,19). The number of benzene rings is 2. The summed E-state index contributed by atoms with van der Waals surface area (Å²) < 4.78 is 4.47. The average molecular weight is 262 g/mol. The van der Waals surface area contributed by atoms with Crippen LogP contribution >= 0.6 is 0 Å². The van der Waals surface area contributed by atoms with Crippen molar-refractivity contribution in [3.63, 3.8) is 0 Å². The minimum absolute atomic E-state index is 0.414. The number of rotatable bonds is 1. The van der Waals surface area contributed by atoms with E-state index in [9.17, 15) is 4.79 Å². The van der Waals surface area contributed by atoms with Gasteiger partial charge in [0.05, 0.1) is 0 Å². The van der Waals surface area contributed by atoms with Gasteiger partial charge in [-0.05, 0) is 36.4 Å². The molecule has 1 N–H and O–H groups in total. The molecule has 0 spiro atoms. The van der Waals surface area contributed by atoms with Crippen LogP contribution in [-0.4, -0.2) is 10.1 Å². The quantitative estimate of drug-likeness (QED) is 0.685. The first-order valence-corrected chi connectivity index (χ1v) is 6.05. The third-order valence-electron chi connectivity index (χ3n) is 2.72. The Balaban J connectivity index is 1.84. The minimum atomic E-state index is -0.562. The maximum absolute atomic E-state index is 10.9. The Morgan fingerprint density at radius 1 is 0.900 bits per heavy atom. The Labute approximate surface area is 115 Å². The van der Waals surface area contributed by atoms with E-state index in [-0.39, 0.29) is 0 Å². The molecule has 0 radical (unpaired) electrons. The van der Waals surface area contributed by atoms with Crippen LogP contribution in [0.4, 0.5) is 0 Å². The molecule has 0 amide bonds. The van der Waals surface area contributed by atoms with Crippen molar-refractivity contribution in [1.82, 2.24) is 10.1 Å². The van der Waals surface area contributed by atoms with Crippen molar-refractivity contribution in [3.8, 4) is 23.2 Å². The van der Waals surface area contributed by atoms with Crippen LogP contribution in [0.3, 0.4) is 0 Å². The number of H-pyrrole nitrogens is 1. The van der Waals surface area contributed by atoms with Crippen molar-refractivity contribution in [2.45, 2.75) is 0 Å². The number of aromatic amines is 1. The molecule has 0 bridgehead atoms. The first kappa shape index (κ1) is 12.0. The maximum Gasteiger partial charge on any atom is 0.439 e. The van der Waals surface area contributed by atoms with Crippen LogP contribution in [0.1, 0.15) is 11.1 Å². The summed E-state index contributed by atoms with van der Waals surface area (Å²) in [6.45, 7) is 0. The van der Waals surface area contributed by atoms with Crippen molar-refractivity contribution in [2.24, 2.45) is 0 Å². The zero-order valence-electron chi connectivity index (χ0n) is 10.5. The summed E-state index contributed by atoms with van der Waals surface area (Å²) in [6, 6.07) is 17.2. The second-order valence-corrected chi connectivity index (χ2v) is 4.14. The molecule has 1 heterocycles. The molecule has 0 unspecified atom stereocenters. The van der Waals surface area contributed by atoms with Gasteiger partial charge >= 0.3 is 5.76 Å². The number of nitrogens with one attached hydrogen (secondary N) is 1. The van der Waals surface area contributed by atoms with Gasteiger partial charge in [0.1, 0.15) is 0 Å². The van der Waals surface area contributed by atoms with Crippen molar-refractivity contribution in [1.29, 1.82) is 0 Å². The van der Waals surface area contributed by atoms with Gasteiger partial charge in [-0.2, -0.15) is 0 Å². The zero-order chi connectivity index (χ0) is 13.8. The first-order valence-electron chi connectivity index (χ1n) is 6.05. The topological polar surface area (TPSA) is 58.9 Å². The largest absolute Gasteiger partial charge is 0.439 e. The molecule has 0 saturated heterocycles. The van der Waals surface area contributed by atoms with Crippen LogP contribution in [0.5, 0.6) is 0 Å². The lowest BCUT2D eigenvalue weighted by Gasteiger charge is -1.95. The SMILES string of the molecule is O=c1[nH]c(-c2ccc(C#Cc3ccccc3)cc2)no1. The van der Waals surface area contributed by atoms with E-state index >= 15 is 0 Å². The van der Waals surface area contributed by atoms with Crippen molar-refractivity contribution >= 4 is 0 Å². The third-order valence-corrected chi connectivity index (χ3v) is 2.72. The second kappa shape index (κ2) is 5.29. The van der Waals surface area contributed by atoms with Crippen molar-refractivity contribution < 1.29 is 4.52 Å². The zero-order valence-corrected chi connectivity index (χ0v) is 10.5. The molecule has 3 rings (SSSR count). The number of hydrogen-bond donors (Lipinski definition) is 1. The lowest BCUT2D eigenvalue weighted by Crippen LogP contribution is -1.94. The molecule has 1 aromatic heterocycles. The van der Waals surface area contributed by atoms with E-state index in [0.29, 0.717) is 5.82 Å². The van der Waals surface area contributed by atoms with Gasteiger partial charge in [-0.1, -0.05) is 35.2 Å². The van der Waals surface area contributed by atoms with Gasteiger partial charge in [-0.3, -0.25) is 9.51 Å². The van der Waals surface area contributed by atoms with Crippen LogP contribution < -0.4 is 5.76 Å². The van der Waals surface area contributed by atoms with Gasteiger partial charge in [0, 0.05) is 16.7 Å². The third kappa shape index (κ3) is 2.68. The van der Waals surface area contributed by atoms with Gasteiger partial charge in [0.15, 0.2) is 5.82 Å². The molecular formula is C16H10N2O2. The Bertz CT molecular complexity index is 818. The van der Waals surface area contributed by atoms with E-state index in [1.807, 2.05) is 54.6 Å². The molecule has 0 aliphatic heterocycles. The molecule has 96 valence electrons. The van der Waals surface area contributed by atoms with Crippen LogP contribution in [-0.2, 0) is 0 Å². The van der Waals surface area contributed by atoms with Crippen molar-refractivity contribution in [2.75, 3.05) is 0 Å². The van der Waals surface area contributed by atoms with E-state index in [1.165, 1.54) is 0 Å². The fourth-order valence-corrected chi connectivity index (χ4v) is 1.73. The van der Waals surface area contributed by atoms with E-state index < -0.39 is 5.76 Å². The average Bonchev–Trinajstić information content (AvgIpc) is 2.93. The molecule has 0 fully saturated rings. The Morgan fingerprint density at radius 2 is 1.55 bits per heavy atom. The Hall–Kier alpha value is -3.06. The predicted molar refractivity (Wildman–Crippen MR) is 75.0 cm³/mol. The summed E-state index contributed by atoms with van der Waals surface area (Å²) in [5, 5.41) is 3.63. The highest BCUT2D eigenvalue weighted by Crippen LogP contribution is 2.13. The lowest BCUT2D eigenvalue weighted by atomic mass is 10.1. The summed E-state index contributed by atoms with van der Waals surface area (Å²) in [5.74, 6) is 6.01. The predicted octanol–water partition coefficient (Wildman–Crippen LogP) is 2.43. The molecule has 0 saturated carbocycles. The van der Waals surface area contributed by atoms with E-state index in [2.05, 4.69) is 26.5 Å². The van der Waals surface area contributed by atoms with Gasteiger partial charge < -0.3 is 0 Å². The monoisotopic (exact) mass is 262 g/mol. The summed E-state index contributed by atoms with van der Waals surface area (Å²) in [6.07, 6.45) is 0. The van der Waals surface area contributed by atoms with Gasteiger partial charge in [-0.25, -0.2) is 4.79 Å². The molecule has 0 aliphatic rings. The molecule has 4 nitrogen and oxygen atoms in total. The molecule has 0 atom stereocenters. The van der Waals surface area contributed by atoms with Crippen LogP contribution in [0, 0.1) is 11.8 Å². The highest BCUT2D eigenvalue weighted by molar-refractivity contribution is 5.56. The smallest absolute Gasteiger partial charge is 0.296 e. The van der Waals surface area contributed by atoms with Crippen LogP contribution in [0.2, 0.25) is 0 Å². The second-order valence-electron chi connectivity index (χ2n) is 4.14. The molecule has 4 heteroatoms. The normalized spacial score (nSPS) is 9.80. The minimum Gasteiger partial charge on any atom is -0.296 e. The summed E-state index contributed by atoms with van der Waals surface area (Å²) >= 11 is 0. The van der Waals surface area contributed by atoms with Gasteiger partial charge in [0.25, 0.3) is 0 Å². The lowest BCUT2D eigenvalue weighted by molar-refractivity contribution is 0.388. The Kier molecular flexibility index (Phi) is 3.17. The summed E-state index contributed by atoms with van der Waals surface area (Å²) in [5.41, 5.74) is 2.64. The Morgan fingerprint density at radius 3 is 2.15 bits per heavy atom. The maximum atomic E-state index is 10.9. The number of aromatic nitrogens is 2. The van der Waals surface area contributed by atoms with Crippen LogP contribution in [0.15, 0.2) is 63.9 Å². The number of hydrogen-bond acceptors (Lipinski definition) is 3. The molecule has 3 aromatic rings. The fraction of sp³-hybridized carbons (Fsp3) is 0. The fourth-order valence-electron chi connectivity index (χ4n) is 1.73. The summed E-state index contributed by atoms with van der Waals surface area (Å²) in [4.78, 5) is 13.4. The van der Waals surface area contributed by atoms with E-state index in [4.69, 9.17) is 0 Å². The van der Waals surface area contributed by atoms with Gasteiger partial charge in [-0.15, -0.1) is 0 Å². The molecular weight excluding hydrogens is 252 g/mol. The molecule has 0 aliphatic carbocycles. The molecule has 20 heavy (non-hydrogen) atoms. The summed E-state index contributed by atoms with van der Waals surface area (Å²) in [7, 11) is 0.